The molecule has 86 valence electrons. The van der Waals surface area contributed by atoms with Crippen LogP contribution in [0.3, 0.4) is 0 Å². The lowest BCUT2D eigenvalue weighted by molar-refractivity contribution is -0.152. The van der Waals surface area contributed by atoms with E-state index in [1.165, 1.54) is 0 Å². The number of carboxylic acids is 1. The van der Waals surface area contributed by atoms with Gasteiger partial charge < -0.3 is 15.3 Å². The van der Waals surface area contributed by atoms with Crippen molar-refractivity contribution in [1.82, 2.24) is 10.2 Å². The summed E-state index contributed by atoms with van der Waals surface area (Å²) in [6.45, 7) is 5.44. The average Bonchev–Trinajstić information content (AvgIpc) is 1.99. The summed E-state index contributed by atoms with van der Waals surface area (Å²) in [6, 6.07) is 0.376. The van der Waals surface area contributed by atoms with Gasteiger partial charge in [0.15, 0.2) is 0 Å². The van der Waals surface area contributed by atoms with E-state index in [2.05, 4.69) is 5.32 Å². The van der Waals surface area contributed by atoms with E-state index in [9.17, 15) is 9.59 Å². The number of carboxylic acid groups (broad SMARTS) is 1. The number of carbonyl (C=O) groups is 2. The summed E-state index contributed by atoms with van der Waals surface area (Å²) in [5.41, 5.74) is 0. The molecule has 5 heteroatoms. The molecule has 0 spiro atoms. The molecule has 0 saturated carbocycles. The highest BCUT2D eigenvalue weighted by atomic mass is 16.4. The van der Waals surface area contributed by atoms with E-state index in [-0.39, 0.29) is 11.8 Å². The summed E-state index contributed by atoms with van der Waals surface area (Å²) in [5, 5.41) is 11.8. The molecule has 0 aliphatic carbocycles. The number of carbonyl (C=O) groups excluding carboxylic acids is 1. The molecule has 1 heterocycles. The lowest BCUT2D eigenvalue weighted by Gasteiger charge is -2.36. The number of hydrogen-bond acceptors (Lipinski definition) is 3. The summed E-state index contributed by atoms with van der Waals surface area (Å²) in [4.78, 5) is 23.6. The van der Waals surface area contributed by atoms with Gasteiger partial charge in [-0.1, -0.05) is 13.8 Å². The van der Waals surface area contributed by atoms with Gasteiger partial charge in [0.2, 0.25) is 5.91 Å². The Labute approximate surface area is 89.4 Å². The van der Waals surface area contributed by atoms with Crippen LogP contribution in [0, 0.1) is 5.92 Å². The van der Waals surface area contributed by atoms with Crippen LogP contribution < -0.4 is 5.32 Å². The molecule has 1 saturated heterocycles. The summed E-state index contributed by atoms with van der Waals surface area (Å²) < 4.78 is 0. The summed E-state index contributed by atoms with van der Waals surface area (Å²) in [6.07, 6.45) is 0.449. The molecule has 15 heavy (non-hydrogen) atoms. The van der Waals surface area contributed by atoms with Crippen molar-refractivity contribution < 1.29 is 14.7 Å². The zero-order valence-electron chi connectivity index (χ0n) is 9.19. The second kappa shape index (κ2) is 5.11. The van der Waals surface area contributed by atoms with Crippen molar-refractivity contribution in [2.45, 2.75) is 26.3 Å². The third-order valence-electron chi connectivity index (χ3n) is 2.47. The van der Waals surface area contributed by atoms with E-state index in [0.29, 0.717) is 32.1 Å². The molecule has 2 N–H and O–H groups in total. The van der Waals surface area contributed by atoms with E-state index >= 15 is 0 Å². The monoisotopic (exact) mass is 214 g/mol. The molecule has 1 fully saturated rings. The molecule has 5 nitrogen and oxygen atoms in total. The quantitative estimate of drug-likeness (QED) is 0.671. The van der Waals surface area contributed by atoms with Crippen molar-refractivity contribution in [3.8, 4) is 0 Å². The highest BCUT2D eigenvalue weighted by Crippen LogP contribution is 2.16. The van der Waals surface area contributed by atoms with Crippen molar-refractivity contribution in [3.05, 3.63) is 0 Å². The van der Waals surface area contributed by atoms with Crippen LogP contribution in [0.1, 0.15) is 20.3 Å². The maximum Gasteiger partial charge on any atom is 0.310 e. The van der Waals surface area contributed by atoms with Crippen LogP contribution >= 0.6 is 0 Å². The summed E-state index contributed by atoms with van der Waals surface area (Å²) >= 11 is 0. The second-order valence-corrected chi connectivity index (χ2v) is 4.19. The van der Waals surface area contributed by atoms with Gasteiger partial charge in [0.25, 0.3) is 0 Å². The van der Waals surface area contributed by atoms with Crippen LogP contribution in [0.5, 0.6) is 0 Å². The molecule has 0 aromatic carbocycles. The summed E-state index contributed by atoms with van der Waals surface area (Å²) in [5.74, 6) is -1.12. The standard InChI is InChI=1S/C10H18N2O3/c1-7(2)11-4-3-9(13)12-5-8(6-12)10(14)15/h7-8,11H,3-6H2,1-2H3,(H,14,15). The van der Waals surface area contributed by atoms with E-state index in [1.807, 2.05) is 13.8 Å². The van der Waals surface area contributed by atoms with Gasteiger partial charge in [-0.15, -0.1) is 0 Å². The molecule has 0 bridgehead atoms. The van der Waals surface area contributed by atoms with Crippen molar-refractivity contribution in [2.75, 3.05) is 19.6 Å². The first-order valence-electron chi connectivity index (χ1n) is 5.24. The molecule has 0 aromatic heterocycles. The smallest absolute Gasteiger partial charge is 0.310 e. The Morgan fingerprint density at radius 1 is 1.47 bits per heavy atom. The SMILES string of the molecule is CC(C)NCCC(=O)N1CC(C(=O)O)C1. The Morgan fingerprint density at radius 3 is 2.53 bits per heavy atom. The van der Waals surface area contributed by atoms with Crippen LogP contribution in [0.2, 0.25) is 0 Å². The fourth-order valence-electron chi connectivity index (χ4n) is 1.46. The molecule has 1 rings (SSSR count). The molecular formula is C10H18N2O3. The Kier molecular flexibility index (Phi) is 4.08. The van der Waals surface area contributed by atoms with Gasteiger partial charge in [0.1, 0.15) is 0 Å². The number of hydrogen-bond donors (Lipinski definition) is 2. The number of amides is 1. The minimum absolute atomic E-state index is 0.0423. The first kappa shape index (κ1) is 12.0. The van der Waals surface area contributed by atoms with Crippen molar-refractivity contribution in [1.29, 1.82) is 0 Å². The lowest BCUT2D eigenvalue weighted by atomic mass is 10.0. The van der Waals surface area contributed by atoms with Gasteiger partial charge in [0.05, 0.1) is 5.92 Å². The Hall–Kier alpha value is -1.10. The Morgan fingerprint density at radius 2 is 2.07 bits per heavy atom. The number of nitrogens with one attached hydrogen (secondary N) is 1. The van der Waals surface area contributed by atoms with Gasteiger partial charge in [-0.25, -0.2) is 0 Å². The van der Waals surface area contributed by atoms with Crippen molar-refractivity contribution in [2.24, 2.45) is 5.92 Å². The highest BCUT2D eigenvalue weighted by Gasteiger charge is 2.34. The molecule has 0 unspecified atom stereocenters. The third kappa shape index (κ3) is 3.51. The van der Waals surface area contributed by atoms with E-state index < -0.39 is 5.97 Å². The molecular weight excluding hydrogens is 196 g/mol. The number of nitrogens with zero attached hydrogens (tertiary/aromatic N) is 1. The van der Waals surface area contributed by atoms with E-state index in [1.54, 1.807) is 4.90 Å². The van der Waals surface area contributed by atoms with Gasteiger partial charge >= 0.3 is 5.97 Å². The van der Waals surface area contributed by atoms with E-state index in [0.717, 1.165) is 0 Å². The molecule has 1 aliphatic heterocycles. The molecule has 0 radical (unpaired) electrons. The zero-order valence-corrected chi connectivity index (χ0v) is 9.19. The second-order valence-electron chi connectivity index (χ2n) is 4.19. The normalized spacial score (nSPS) is 16.6. The molecule has 0 atom stereocenters. The van der Waals surface area contributed by atoms with Crippen LogP contribution in [-0.2, 0) is 9.59 Å². The van der Waals surface area contributed by atoms with E-state index in [4.69, 9.17) is 5.11 Å². The number of rotatable bonds is 5. The van der Waals surface area contributed by atoms with Crippen LogP contribution in [0.15, 0.2) is 0 Å². The minimum atomic E-state index is -0.806. The van der Waals surface area contributed by atoms with Gasteiger partial charge in [0, 0.05) is 32.1 Å². The predicted molar refractivity (Wildman–Crippen MR) is 55.5 cm³/mol. The van der Waals surface area contributed by atoms with Crippen LogP contribution in [0.4, 0.5) is 0 Å². The van der Waals surface area contributed by atoms with Crippen LogP contribution in [-0.4, -0.2) is 47.6 Å². The Bertz CT molecular complexity index is 247. The van der Waals surface area contributed by atoms with Gasteiger partial charge in [-0.3, -0.25) is 9.59 Å². The molecule has 1 aliphatic rings. The maximum absolute atomic E-state index is 11.5. The van der Waals surface area contributed by atoms with Crippen molar-refractivity contribution >= 4 is 11.9 Å². The first-order chi connectivity index (χ1) is 7.00. The Balaban J connectivity index is 2.13. The fraction of sp³-hybridized carbons (Fsp3) is 0.800. The minimum Gasteiger partial charge on any atom is -0.481 e. The predicted octanol–water partition coefficient (Wildman–Crippen LogP) is -0.0825. The molecule has 1 amide bonds. The highest BCUT2D eigenvalue weighted by molar-refractivity contribution is 5.81. The fourth-order valence-corrected chi connectivity index (χ4v) is 1.46. The third-order valence-corrected chi connectivity index (χ3v) is 2.47. The first-order valence-corrected chi connectivity index (χ1v) is 5.24. The van der Waals surface area contributed by atoms with Gasteiger partial charge in [-0.05, 0) is 0 Å². The number of likely N-dealkylation sites (tertiary alicyclic amines) is 1. The lowest BCUT2D eigenvalue weighted by Crippen LogP contribution is -2.53. The summed E-state index contributed by atoms with van der Waals surface area (Å²) in [7, 11) is 0. The van der Waals surface area contributed by atoms with Crippen LogP contribution in [0.25, 0.3) is 0 Å². The number of aliphatic carboxylic acids is 1. The topological polar surface area (TPSA) is 69.6 Å². The van der Waals surface area contributed by atoms with Crippen molar-refractivity contribution in [3.63, 3.8) is 0 Å². The van der Waals surface area contributed by atoms with Gasteiger partial charge in [-0.2, -0.15) is 0 Å². The molecule has 0 aromatic rings. The maximum atomic E-state index is 11.5. The average molecular weight is 214 g/mol. The largest absolute Gasteiger partial charge is 0.481 e. The zero-order chi connectivity index (χ0) is 11.4.